The Morgan fingerprint density at radius 2 is 1.83 bits per heavy atom. The summed E-state index contributed by atoms with van der Waals surface area (Å²) in [6, 6.07) is 13.6. The van der Waals surface area contributed by atoms with Crippen LogP contribution in [-0.2, 0) is 9.59 Å². The predicted octanol–water partition coefficient (Wildman–Crippen LogP) is 2.34. The monoisotopic (exact) mass is 415 g/mol. The molecule has 1 aliphatic rings. The second kappa shape index (κ2) is 8.96. The molecule has 1 heterocycles. The van der Waals surface area contributed by atoms with Crippen LogP contribution in [0.5, 0.6) is 5.75 Å². The summed E-state index contributed by atoms with van der Waals surface area (Å²) in [4.78, 5) is 40.4. The highest BCUT2D eigenvalue weighted by atomic mass is 35.5. The molecule has 0 aliphatic carbocycles. The molecule has 0 saturated carbocycles. The quantitative estimate of drug-likeness (QED) is 0.813. The van der Waals surface area contributed by atoms with Crippen LogP contribution in [0.4, 0.5) is 5.69 Å². The number of carbonyl (C=O) groups is 3. The summed E-state index contributed by atoms with van der Waals surface area (Å²) < 4.78 is 5.78. The zero-order valence-corrected chi connectivity index (χ0v) is 17.0. The van der Waals surface area contributed by atoms with E-state index in [9.17, 15) is 14.4 Å². The first kappa shape index (κ1) is 20.7. The lowest BCUT2D eigenvalue weighted by atomic mass is 10.1. The van der Waals surface area contributed by atoms with Crippen LogP contribution in [0, 0.1) is 0 Å². The van der Waals surface area contributed by atoms with E-state index >= 15 is 0 Å². The molecule has 1 aliphatic heterocycles. The highest BCUT2D eigenvalue weighted by molar-refractivity contribution is 6.30. The number of para-hydroxylation sites is 2. The summed E-state index contributed by atoms with van der Waals surface area (Å²) in [5.74, 6) is -0.211. The summed E-state index contributed by atoms with van der Waals surface area (Å²) >= 11 is 5.82. The van der Waals surface area contributed by atoms with E-state index in [1.54, 1.807) is 67.5 Å². The normalized spacial score (nSPS) is 15.1. The number of nitrogens with one attached hydrogen (secondary N) is 1. The second-order valence-electron chi connectivity index (χ2n) is 6.82. The van der Waals surface area contributed by atoms with Crippen molar-refractivity contribution in [3.63, 3.8) is 0 Å². The predicted molar refractivity (Wildman–Crippen MR) is 110 cm³/mol. The van der Waals surface area contributed by atoms with E-state index in [1.807, 2.05) is 0 Å². The van der Waals surface area contributed by atoms with Gasteiger partial charge in [0.15, 0.2) is 6.10 Å². The van der Waals surface area contributed by atoms with Crippen molar-refractivity contribution >= 4 is 35.0 Å². The lowest BCUT2D eigenvalue weighted by molar-refractivity contribution is -0.136. The third kappa shape index (κ3) is 4.86. The molecular formula is C21H22ClN3O4. The van der Waals surface area contributed by atoms with Crippen molar-refractivity contribution in [2.24, 2.45) is 0 Å². The molecule has 3 rings (SSSR count). The number of nitrogens with zero attached hydrogens (tertiary/aromatic N) is 2. The highest BCUT2D eigenvalue weighted by Gasteiger charge is 2.34. The highest BCUT2D eigenvalue weighted by Crippen LogP contribution is 2.33. The third-order valence-corrected chi connectivity index (χ3v) is 4.77. The summed E-state index contributed by atoms with van der Waals surface area (Å²) in [5.41, 5.74) is 1.08. The van der Waals surface area contributed by atoms with Gasteiger partial charge in [-0.05, 0) is 36.4 Å². The fourth-order valence-electron chi connectivity index (χ4n) is 3.01. The average Bonchev–Trinajstić information content (AvgIpc) is 2.72. The lowest BCUT2D eigenvalue weighted by Crippen LogP contribution is -2.50. The molecule has 3 amide bonds. The fourth-order valence-corrected chi connectivity index (χ4v) is 3.13. The van der Waals surface area contributed by atoms with Gasteiger partial charge in [0.2, 0.25) is 5.91 Å². The molecule has 2 aromatic carbocycles. The van der Waals surface area contributed by atoms with E-state index in [0.717, 1.165) is 0 Å². The minimum Gasteiger partial charge on any atom is -0.476 e. The number of hydrogen-bond acceptors (Lipinski definition) is 4. The first-order valence-electron chi connectivity index (χ1n) is 9.18. The Kier molecular flexibility index (Phi) is 6.39. The molecule has 1 N–H and O–H groups in total. The number of rotatable bonds is 5. The van der Waals surface area contributed by atoms with Gasteiger partial charge in [-0.1, -0.05) is 23.7 Å². The number of ether oxygens (including phenoxy) is 1. The molecule has 0 aromatic heterocycles. The molecule has 7 nitrogen and oxygen atoms in total. The van der Waals surface area contributed by atoms with Crippen LogP contribution in [0.25, 0.3) is 0 Å². The Bertz CT molecular complexity index is 914. The van der Waals surface area contributed by atoms with Crippen LogP contribution >= 0.6 is 11.6 Å². The van der Waals surface area contributed by atoms with Crippen molar-refractivity contribution in [1.29, 1.82) is 0 Å². The molecule has 2 aromatic rings. The van der Waals surface area contributed by atoms with Crippen LogP contribution in [0.2, 0.25) is 5.02 Å². The Morgan fingerprint density at radius 1 is 1.14 bits per heavy atom. The van der Waals surface area contributed by atoms with Crippen LogP contribution in [0.3, 0.4) is 0 Å². The van der Waals surface area contributed by atoms with Gasteiger partial charge in [-0.2, -0.15) is 0 Å². The van der Waals surface area contributed by atoms with Gasteiger partial charge in [0.1, 0.15) is 5.75 Å². The topological polar surface area (TPSA) is 79.0 Å². The number of likely N-dealkylation sites (N-methyl/N-ethyl adjacent to an activating group) is 1. The van der Waals surface area contributed by atoms with Crippen molar-refractivity contribution in [2.75, 3.05) is 32.1 Å². The molecule has 0 fully saturated rings. The Morgan fingerprint density at radius 3 is 2.52 bits per heavy atom. The maximum Gasteiger partial charge on any atom is 0.265 e. The summed E-state index contributed by atoms with van der Waals surface area (Å²) in [6.45, 7) is 0.296. The number of hydrogen-bond donors (Lipinski definition) is 1. The molecule has 0 radical (unpaired) electrons. The van der Waals surface area contributed by atoms with Gasteiger partial charge in [-0.15, -0.1) is 0 Å². The van der Waals surface area contributed by atoms with Crippen LogP contribution in [0.1, 0.15) is 16.8 Å². The molecule has 0 bridgehead atoms. The SMILES string of the molecule is CN(C)C(=O)C1CN(C(=O)CCNC(=O)c2ccc(Cl)cc2)c2ccccc2O1. The summed E-state index contributed by atoms with van der Waals surface area (Å²) in [5, 5.41) is 3.27. The molecule has 152 valence electrons. The van der Waals surface area contributed by atoms with E-state index in [2.05, 4.69) is 5.32 Å². The van der Waals surface area contributed by atoms with Crippen LogP contribution < -0.4 is 15.0 Å². The Hall–Kier alpha value is -3.06. The first-order chi connectivity index (χ1) is 13.9. The van der Waals surface area contributed by atoms with Gasteiger partial charge in [-0.3, -0.25) is 14.4 Å². The van der Waals surface area contributed by atoms with Gasteiger partial charge in [0.05, 0.1) is 12.2 Å². The number of benzene rings is 2. The minimum atomic E-state index is -0.771. The Labute approximate surface area is 174 Å². The van der Waals surface area contributed by atoms with Gasteiger partial charge < -0.3 is 19.9 Å². The number of halogens is 1. The number of anilines is 1. The first-order valence-corrected chi connectivity index (χ1v) is 9.55. The lowest BCUT2D eigenvalue weighted by Gasteiger charge is -2.35. The van der Waals surface area contributed by atoms with Gasteiger partial charge in [-0.25, -0.2) is 0 Å². The maximum atomic E-state index is 12.8. The fraction of sp³-hybridized carbons (Fsp3) is 0.286. The van der Waals surface area contributed by atoms with Crippen LogP contribution in [-0.4, -0.2) is 55.9 Å². The third-order valence-electron chi connectivity index (χ3n) is 4.52. The van der Waals surface area contributed by atoms with E-state index < -0.39 is 6.10 Å². The Balaban J connectivity index is 1.65. The molecule has 29 heavy (non-hydrogen) atoms. The number of carbonyl (C=O) groups excluding carboxylic acids is 3. The summed E-state index contributed by atoms with van der Waals surface area (Å²) in [6.07, 6.45) is -0.677. The van der Waals surface area contributed by atoms with E-state index in [-0.39, 0.29) is 37.2 Å². The van der Waals surface area contributed by atoms with Crippen LogP contribution in [0.15, 0.2) is 48.5 Å². The average molecular weight is 416 g/mol. The van der Waals surface area contributed by atoms with E-state index in [0.29, 0.717) is 22.0 Å². The number of fused-ring (bicyclic) bond motifs is 1. The second-order valence-corrected chi connectivity index (χ2v) is 7.26. The van der Waals surface area contributed by atoms with Gasteiger partial charge in [0, 0.05) is 37.6 Å². The smallest absolute Gasteiger partial charge is 0.265 e. The maximum absolute atomic E-state index is 12.8. The van der Waals surface area contributed by atoms with Gasteiger partial charge >= 0.3 is 0 Å². The molecule has 0 saturated heterocycles. The molecule has 1 unspecified atom stereocenters. The van der Waals surface area contributed by atoms with Crippen molar-refractivity contribution in [2.45, 2.75) is 12.5 Å². The standard InChI is InChI=1S/C21H22ClN3O4/c1-24(2)21(28)18-13-25(16-5-3-4-6-17(16)29-18)19(26)11-12-23-20(27)14-7-9-15(22)10-8-14/h3-10,18H,11-13H2,1-2H3,(H,23,27). The summed E-state index contributed by atoms with van der Waals surface area (Å²) in [7, 11) is 3.29. The van der Waals surface area contributed by atoms with Crippen molar-refractivity contribution < 1.29 is 19.1 Å². The largest absolute Gasteiger partial charge is 0.476 e. The van der Waals surface area contributed by atoms with Gasteiger partial charge in [0.25, 0.3) is 11.8 Å². The molecule has 1 atom stereocenters. The van der Waals surface area contributed by atoms with E-state index in [4.69, 9.17) is 16.3 Å². The molecule has 0 spiro atoms. The molecule has 8 heteroatoms. The zero-order chi connectivity index (χ0) is 21.0. The van der Waals surface area contributed by atoms with Crippen molar-refractivity contribution in [3.05, 3.63) is 59.1 Å². The van der Waals surface area contributed by atoms with Crippen molar-refractivity contribution in [3.8, 4) is 5.75 Å². The zero-order valence-electron chi connectivity index (χ0n) is 16.2. The number of amides is 3. The van der Waals surface area contributed by atoms with Crippen molar-refractivity contribution in [1.82, 2.24) is 10.2 Å². The molecular weight excluding hydrogens is 394 g/mol. The minimum absolute atomic E-state index is 0.0938. The van der Waals surface area contributed by atoms with E-state index in [1.165, 1.54) is 4.90 Å².